The molecular weight excluding hydrogens is 310 g/mol. The number of thiazole rings is 1. The molecule has 2 aromatic carbocycles. The first kappa shape index (κ1) is 15.5. The molecule has 0 aliphatic carbocycles. The van der Waals surface area contributed by atoms with E-state index in [2.05, 4.69) is 15.8 Å². The van der Waals surface area contributed by atoms with Gasteiger partial charge < -0.3 is 9.47 Å². The molecule has 1 heterocycles. The second kappa shape index (κ2) is 7.24. The topological polar surface area (TPSA) is 48.4 Å². The number of carbonyl (C=O) groups excluding carboxylic acids is 1. The second-order valence-electron chi connectivity index (χ2n) is 5.16. The zero-order valence-electron chi connectivity index (χ0n) is 12.8. The molecule has 0 bridgehead atoms. The second-order valence-corrected chi connectivity index (χ2v) is 6.05. The largest absolute Gasteiger partial charge is 0.489 e. The van der Waals surface area contributed by atoms with E-state index >= 15 is 0 Å². The van der Waals surface area contributed by atoms with Crippen LogP contribution in [0.3, 0.4) is 0 Å². The maximum absolute atomic E-state index is 11.1. The molecule has 0 fully saturated rings. The molecule has 3 rings (SSSR count). The highest BCUT2D eigenvalue weighted by atomic mass is 32.1. The summed E-state index contributed by atoms with van der Waals surface area (Å²) in [6.45, 7) is 0.523. The van der Waals surface area contributed by atoms with Crippen LogP contribution in [-0.4, -0.2) is 18.1 Å². The van der Waals surface area contributed by atoms with E-state index in [4.69, 9.17) is 4.74 Å². The Balaban J connectivity index is 1.56. The molecule has 118 valence electrons. The van der Waals surface area contributed by atoms with Gasteiger partial charge in [-0.1, -0.05) is 18.2 Å². The quantitative estimate of drug-likeness (QED) is 0.643. The van der Waals surface area contributed by atoms with Gasteiger partial charge in [0.2, 0.25) is 0 Å². The van der Waals surface area contributed by atoms with Gasteiger partial charge in [-0.15, -0.1) is 11.3 Å². The van der Waals surface area contributed by atoms with Crippen molar-refractivity contribution in [1.29, 1.82) is 0 Å². The van der Waals surface area contributed by atoms with E-state index in [1.807, 2.05) is 41.9 Å². The molecule has 0 radical (unpaired) electrons. The number of aromatic nitrogens is 1. The first-order chi connectivity index (χ1) is 11.2. The molecule has 0 saturated heterocycles. The van der Waals surface area contributed by atoms with Crippen molar-refractivity contribution in [3.63, 3.8) is 0 Å². The predicted molar refractivity (Wildman–Crippen MR) is 90.7 cm³/mol. The molecule has 0 aliphatic rings. The Kier molecular flexibility index (Phi) is 4.88. The number of benzene rings is 2. The summed E-state index contributed by atoms with van der Waals surface area (Å²) >= 11 is 1.63. The molecule has 3 aromatic rings. The number of hydrogen-bond acceptors (Lipinski definition) is 5. The molecule has 23 heavy (non-hydrogen) atoms. The van der Waals surface area contributed by atoms with Crippen molar-refractivity contribution in [2.75, 3.05) is 7.11 Å². The molecule has 4 nitrogen and oxygen atoms in total. The van der Waals surface area contributed by atoms with Gasteiger partial charge in [0.05, 0.1) is 22.8 Å². The lowest BCUT2D eigenvalue weighted by Crippen LogP contribution is -2.01. The minimum Gasteiger partial charge on any atom is -0.489 e. The molecule has 1 aromatic heterocycles. The van der Waals surface area contributed by atoms with Crippen molar-refractivity contribution in [1.82, 2.24) is 4.98 Å². The van der Waals surface area contributed by atoms with Crippen LogP contribution in [0.1, 0.15) is 17.5 Å². The smallest absolute Gasteiger partial charge is 0.305 e. The summed E-state index contributed by atoms with van der Waals surface area (Å²) < 4.78 is 11.6. The van der Waals surface area contributed by atoms with Crippen LogP contribution in [-0.2, 0) is 22.6 Å². The maximum atomic E-state index is 11.1. The number of fused-ring (bicyclic) bond motifs is 1. The Hall–Kier alpha value is -2.40. The predicted octanol–water partition coefficient (Wildman–Crippen LogP) is 3.98. The first-order valence-electron chi connectivity index (χ1n) is 7.35. The number of nitrogens with zero attached hydrogens (tertiary/aromatic N) is 1. The van der Waals surface area contributed by atoms with Crippen LogP contribution >= 0.6 is 11.3 Å². The van der Waals surface area contributed by atoms with E-state index in [-0.39, 0.29) is 5.97 Å². The molecule has 5 heteroatoms. The van der Waals surface area contributed by atoms with Crippen LogP contribution in [0, 0.1) is 0 Å². The summed E-state index contributed by atoms with van der Waals surface area (Å²) in [5, 5.41) is 0. The van der Waals surface area contributed by atoms with E-state index in [1.165, 1.54) is 11.8 Å². The Morgan fingerprint density at radius 1 is 1.13 bits per heavy atom. The number of ether oxygens (including phenoxy) is 2. The van der Waals surface area contributed by atoms with Crippen molar-refractivity contribution in [2.45, 2.75) is 19.4 Å². The van der Waals surface area contributed by atoms with Crippen LogP contribution < -0.4 is 4.74 Å². The molecule has 0 N–H and O–H groups in total. The Morgan fingerprint density at radius 2 is 1.91 bits per heavy atom. The highest BCUT2D eigenvalue weighted by Crippen LogP contribution is 2.21. The van der Waals surface area contributed by atoms with Crippen molar-refractivity contribution < 1.29 is 14.3 Å². The van der Waals surface area contributed by atoms with Gasteiger partial charge in [0.1, 0.15) is 12.4 Å². The van der Waals surface area contributed by atoms with Crippen molar-refractivity contribution in [2.24, 2.45) is 0 Å². The van der Waals surface area contributed by atoms with E-state index < -0.39 is 0 Å². The van der Waals surface area contributed by atoms with Crippen LogP contribution in [0.2, 0.25) is 0 Å². The van der Waals surface area contributed by atoms with Gasteiger partial charge >= 0.3 is 5.97 Å². The van der Waals surface area contributed by atoms with Gasteiger partial charge in [-0.3, -0.25) is 4.79 Å². The monoisotopic (exact) mass is 327 g/mol. The Bertz CT molecular complexity index is 795. The van der Waals surface area contributed by atoms with Gasteiger partial charge in [0, 0.05) is 6.42 Å². The molecule has 0 aliphatic heterocycles. The van der Waals surface area contributed by atoms with Crippen LogP contribution in [0.15, 0.2) is 48.0 Å². The summed E-state index contributed by atoms with van der Waals surface area (Å²) in [7, 11) is 1.41. The highest BCUT2D eigenvalue weighted by molar-refractivity contribution is 7.16. The molecule has 0 spiro atoms. The zero-order valence-corrected chi connectivity index (χ0v) is 13.6. The average molecular weight is 327 g/mol. The van der Waals surface area contributed by atoms with E-state index in [9.17, 15) is 4.79 Å². The Labute approximate surface area is 138 Å². The summed E-state index contributed by atoms with van der Waals surface area (Å²) in [6.07, 6.45) is 1.07. The fraction of sp³-hybridized carbons (Fsp3) is 0.222. The van der Waals surface area contributed by atoms with Gasteiger partial charge in [-0.2, -0.15) is 0 Å². The number of methoxy groups -OCH3 is 1. The lowest BCUT2D eigenvalue weighted by Gasteiger charge is -2.07. The summed E-state index contributed by atoms with van der Waals surface area (Å²) in [6, 6.07) is 14.0. The molecule has 0 atom stereocenters. The third-order valence-electron chi connectivity index (χ3n) is 3.57. The van der Waals surface area contributed by atoms with Gasteiger partial charge in [0.25, 0.3) is 0 Å². The Morgan fingerprint density at radius 3 is 2.70 bits per heavy atom. The number of carbonyl (C=O) groups is 1. The zero-order chi connectivity index (χ0) is 16.1. The molecule has 0 saturated carbocycles. The number of rotatable bonds is 6. The normalized spacial score (nSPS) is 10.7. The van der Waals surface area contributed by atoms with E-state index in [0.29, 0.717) is 19.4 Å². The van der Waals surface area contributed by atoms with Crippen LogP contribution in [0.25, 0.3) is 10.2 Å². The van der Waals surface area contributed by atoms with Crippen molar-refractivity contribution in [3.8, 4) is 5.75 Å². The molecule has 0 amide bonds. The minimum absolute atomic E-state index is 0.191. The highest BCUT2D eigenvalue weighted by Gasteiger charge is 2.03. The summed E-state index contributed by atoms with van der Waals surface area (Å²) in [5.74, 6) is 0.625. The minimum atomic E-state index is -0.191. The summed E-state index contributed by atoms with van der Waals surface area (Å²) in [5.41, 5.74) is 5.08. The average Bonchev–Trinajstić information content (AvgIpc) is 3.06. The van der Waals surface area contributed by atoms with E-state index in [0.717, 1.165) is 22.4 Å². The van der Waals surface area contributed by atoms with Crippen molar-refractivity contribution >= 4 is 27.5 Å². The fourth-order valence-electron chi connectivity index (χ4n) is 2.26. The maximum Gasteiger partial charge on any atom is 0.305 e. The number of aryl methyl sites for hydroxylation is 1. The van der Waals surface area contributed by atoms with Crippen LogP contribution in [0.4, 0.5) is 0 Å². The summed E-state index contributed by atoms with van der Waals surface area (Å²) in [4.78, 5) is 15.4. The third kappa shape index (κ3) is 4.07. The van der Waals surface area contributed by atoms with Gasteiger partial charge in [-0.05, 0) is 41.8 Å². The molecule has 0 unspecified atom stereocenters. The lowest BCUT2D eigenvalue weighted by atomic mass is 10.1. The van der Waals surface area contributed by atoms with Crippen LogP contribution in [0.5, 0.6) is 5.75 Å². The SMILES string of the molecule is COC(=O)CCc1ccc(OCc2ccc3ncsc3c2)cc1. The lowest BCUT2D eigenvalue weighted by molar-refractivity contribution is -0.140. The number of hydrogen-bond donors (Lipinski definition) is 0. The first-order valence-corrected chi connectivity index (χ1v) is 8.23. The fourth-order valence-corrected chi connectivity index (χ4v) is 3.00. The standard InChI is InChI=1S/C18H17NO3S/c1-21-18(20)9-5-13-2-6-15(7-3-13)22-11-14-4-8-16-17(10-14)23-12-19-16/h2-4,6-8,10,12H,5,9,11H2,1H3. The molecular formula is C18H17NO3S. The number of esters is 1. The van der Waals surface area contributed by atoms with Gasteiger partial charge in [0.15, 0.2) is 0 Å². The van der Waals surface area contributed by atoms with E-state index in [1.54, 1.807) is 11.3 Å². The third-order valence-corrected chi connectivity index (χ3v) is 4.36. The van der Waals surface area contributed by atoms with Gasteiger partial charge in [-0.25, -0.2) is 4.98 Å². The van der Waals surface area contributed by atoms with Crippen molar-refractivity contribution in [3.05, 3.63) is 59.1 Å².